The monoisotopic (exact) mass is 564 g/mol. The third-order valence-electron chi connectivity index (χ3n) is 11.5. The van der Waals surface area contributed by atoms with Crippen molar-refractivity contribution in [3.63, 3.8) is 0 Å². The lowest BCUT2D eigenvalue weighted by Gasteiger charge is -2.71. The van der Waals surface area contributed by atoms with Crippen molar-refractivity contribution in [1.29, 1.82) is 0 Å². The molecule has 0 N–H and O–H groups in total. The van der Waals surface area contributed by atoms with Crippen LogP contribution in [0.25, 0.3) is 0 Å². The van der Waals surface area contributed by atoms with Crippen molar-refractivity contribution in [3.8, 4) is 0 Å². The lowest BCUT2D eigenvalue weighted by Crippen LogP contribution is -2.92. The predicted octanol–water partition coefficient (Wildman–Crippen LogP) is 7.79. The molecule has 4 saturated carbocycles. The van der Waals surface area contributed by atoms with Crippen LogP contribution in [-0.4, -0.2) is 74.7 Å². The minimum absolute atomic E-state index is 0.964. The number of nitrogens with zero attached hydrogens (tertiary/aromatic N) is 4. The van der Waals surface area contributed by atoms with E-state index in [-0.39, 0.29) is 0 Å². The van der Waals surface area contributed by atoms with E-state index in [1.165, 1.54) is 103 Å². The van der Waals surface area contributed by atoms with Gasteiger partial charge in [-0.25, -0.2) is 0 Å². The van der Waals surface area contributed by atoms with Crippen LogP contribution in [-0.2, 0) is 0 Å². The van der Waals surface area contributed by atoms with Crippen LogP contribution in [0.15, 0.2) is 0 Å². The first-order valence-corrected chi connectivity index (χ1v) is 27.7. The smallest absolute Gasteiger partial charge is 0.189 e. The van der Waals surface area contributed by atoms with Crippen molar-refractivity contribution in [1.82, 2.24) is 16.9 Å². The van der Waals surface area contributed by atoms with Crippen molar-refractivity contribution in [2.75, 3.05) is 0 Å². The van der Waals surface area contributed by atoms with Crippen molar-refractivity contribution in [2.45, 2.75) is 179 Å². The maximum absolute atomic E-state index is 3.10. The lowest BCUT2D eigenvalue weighted by atomic mass is 10.3. The molecule has 0 atom stereocenters. The lowest BCUT2D eigenvalue weighted by molar-refractivity contribution is 0.275. The Morgan fingerprint density at radius 2 is 0.444 bits per heavy atom. The number of rotatable bonds is 4. The first-order chi connectivity index (χ1) is 16.9. The fraction of sp³-hybridized carbons (Fsp3) is 1.00. The van der Waals surface area contributed by atoms with Crippen molar-refractivity contribution < 1.29 is 0 Å². The van der Waals surface area contributed by atoms with Gasteiger partial charge in [0.2, 0.25) is 0 Å². The Morgan fingerprint density at radius 3 is 0.583 bits per heavy atom. The minimum Gasteiger partial charge on any atom is -0.319 e. The molecule has 2 heterocycles. The Kier molecular flexibility index (Phi) is 8.06. The molecule has 0 aromatic carbocycles. The Hall–Kier alpha value is 0.708. The van der Waals surface area contributed by atoms with Crippen LogP contribution in [0.1, 0.15) is 103 Å². The highest BCUT2D eigenvalue weighted by atomic mass is 28.5. The first-order valence-electron chi connectivity index (χ1n) is 16.1. The van der Waals surface area contributed by atoms with Gasteiger partial charge >= 0.3 is 0 Å². The van der Waals surface area contributed by atoms with Gasteiger partial charge in [-0.15, -0.1) is 0 Å². The van der Waals surface area contributed by atoms with Crippen LogP contribution in [0.5, 0.6) is 0 Å². The first kappa shape index (κ1) is 28.2. The van der Waals surface area contributed by atoms with Crippen LogP contribution in [0.2, 0.25) is 52.4 Å². The molecule has 4 aliphatic carbocycles. The summed E-state index contributed by atoms with van der Waals surface area (Å²) in [7, 11) is -4.99. The average Bonchev–Trinajstić information content (AvgIpc) is 3.56. The Balaban J connectivity index is 0.000000148. The molecule has 36 heavy (non-hydrogen) atoms. The summed E-state index contributed by atoms with van der Waals surface area (Å²) < 4.78 is 12.4. The summed E-state index contributed by atoms with van der Waals surface area (Å²) in [6.07, 6.45) is 23.8. The summed E-state index contributed by atoms with van der Waals surface area (Å²) in [4.78, 5) is 0. The zero-order valence-corrected chi connectivity index (χ0v) is 29.4. The molecule has 0 radical (unpaired) electrons. The summed E-state index contributed by atoms with van der Waals surface area (Å²) in [5, 5.41) is 0. The maximum Gasteiger partial charge on any atom is 0.189 e. The molecule has 2 aliphatic heterocycles. The molecular weight excluding hydrogens is 505 g/mol. The van der Waals surface area contributed by atoms with Gasteiger partial charge in [-0.2, -0.15) is 0 Å². The predicted molar refractivity (Wildman–Crippen MR) is 166 cm³/mol. The van der Waals surface area contributed by atoms with Gasteiger partial charge in [0.05, 0.1) is 0 Å². The highest BCUT2D eigenvalue weighted by molar-refractivity contribution is 7.04. The Morgan fingerprint density at radius 1 is 0.306 bits per heavy atom. The Bertz CT molecular complexity index is 612. The largest absolute Gasteiger partial charge is 0.319 e. The van der Waals surface area contributed by atoms with E-state index in [2.05, 4.69) is 69.3 Å². The van der Waals surface area contributed by atoms with E-state index in [1.54, 1.807) is 0 Å². The summed E-state index contributed by atoms with van der Waals surface area (Å²) in [5.41, 5.74) is 0. The molecule has 6 aliphatic rings. The van der Waals surface area contributed by atoms with Gasteiger partial charge in [-0.3, -0.25) is 0 Å². The van der Waals surface area contributed by atoms with Gasteiger partial charge in [-0.1, -0.05) is 51.4 Å². The molecule has 0 aromatic rings. The fourth-order valence-electron chi connectivity index (χ4n) is 11.3. The fourth-order valence-corrected chi connectivity index (χ4v) is 44.1. The molecule has 2 saturated heterocycles. The molecule has 0 unspecified atom stereocenters. The van der Waals surface area contributed by atoms with E-state index < -0.39 is 33.6 Å². The molecule has 8 heteroatoms. The molecule has 0 spiro atoms. The van der Waals surface area contributed by atoms with Gasteiger partial charge in [0.25, 0.3) is 0 Å². The number of hydrogen-bond acceptors (Lipinski definition) is 4. The quantitative estimate of drug-likeness (QED) is 0.323. The maximum atomic E-state index is 3.10. The van der Waals surface area contributed by atoms with Crippen LogP contribution in [0, 0.1) is 0 Å². The van der Waals surface area contributed by atoms with Crippen LogP contribution >= 0.6 is 0 Å². The molecule has 6 fully saturated rings. The summed E-state index contributed by atoms with van der Waals surface area (Å²) in [6.45, 7) is 21.0. The summed E-state index contributed by atoms with van der Waals surface area (Å²) >= 11 is 0. The third kappa shape index (κ3) is 4.59. The third-order valence-corrected chi connectivity index (χ3v) is 37.0. The van der Waals surface area contributed by atoms with E-state index in [0.29, 0.717) is 0 Å². The topological polar surface area (TPSA) is 13.0 Å². The molecule has 0 aromatic heterocycles. The summed E-state index contributed by atoms with van der Waals surface area (Å²) in [5.74, 6) is 0. The van der Waals surface area contributed by atoms with E-state index in [9.17, 15) is 0 Å². The SMILES string of the molecule is C[Si]1(C)N(C2CCCC2)[Si](C)(C)N1C1CCCC1.C[Si]1(C)N(C2CCCC2)[Si](C)(C)N1C1CCCC1. The van der Waals surface area contributed by atoms with Gasteiger partial charge in [0, 0.05) is 0 Å². The highest BCUT2D eigenvalue weighted by Gasteiger charge is 2.66. The molecular formula is C28H60N4Si4. The van der Waals surface area contributed by atoms with Crippen molar-refractivity contribution in [3.05, 3.63) is 0 Å². The molecule has 6 rings (SSSR count). The van der Waals surface area contributed by atoms with E-state index in [1.807, 2.05) is 0 Å². The average molecular weight is 565 g/mol. The van der Waals surface area contributed by atoms with Gasteiger partial charge in [-0.05, 0) is 128 Å². The molecule has 0 amide bonds. The molecule has 4 nitrogen and oxygen atoms in total. The zero-order valence-electron chi connectivity index (χ0n) is 25.4. The second kappa shape index (κ2) is 10.3. The van der Waals surface area contributed by atoms with E-state index in [0.717, 1.165) is 24.2 Å². The van der Waals surface area contributed by atoms with Gasteiger partial charge in [0.15, 0.2) is 33.6 Å². The van der Waals surface area contributed by atoms with Crippen molar-refractivity contribution >= 4 is 33.6 Å². The Labute approximate surface area is 229 Å². The van der Waals surface area contributed by atoms with Crippen LogP contribution < -0.4 is 0 Å². The minimum atomic E-state index is -1.25. The number of hydrogen-bond donors (Lipinski definition) is 0. The summed E-state index contributed by atoms with van der Waals surface area (Å²) in [6, 6.07) is 3.86. The molecule has 208 valence electrons. The van der Waals surface area contributed by atoms with E-state index in [4.69, 9.17) is 0 Å². The second-order valence-electron chi connectivity index (χ2n) is 15.2. The normalized spacial score (nSPS) is 34.0. The van der Waals surface area contributed by atoms with Crippen LogP contribution in [0.4, 0.5) is 0 Å². The molecule has 0 bridgehead atoms. The van der Waals surface area contributed by atoms with Crippen LogP contribution in [0.3, 0.4) is 0 Å². The standard InChI is InChI=1S/2C14H30N2Si2/c2*1-17(2)15(13-9-5-6-10-13)18(3,4)16(17)14-11-7-8-12-14/h2*13-14H,5-12H2,1-4H3. The second-order valence-corrected chi connectivity index (χ2v) is 32.8. The zero-order chi connectivity index (χ0) is 25.9. The van der Waals surface area contributed by atoms with E-state index >= 15 is 0 Å². The van der Waals surface area contributed by atoms with Gasteiger partial charge in [0.1, 0.15) is 0 Å². The van der Waals surface area contributed by atoms with Crippen molar-refractivity contribution in [2.24, 2.45) is 0 Å². The van der Waals surface area contributed by atoms with Gasteiger partial charge < -0.3 is 16.9 Å². The highest BCUT2D eigenvalue weighted by Crippen LogP contribution is 2.49.